The summed E-state index contributed by atoms with van der Waals surface area (Å²) >= 11 is 0. The molecule has 0 unspecified atom stereocenters. The number of carbonyl (C=O) groups is 1. The topological polar surface area (TPSA) is 33.5 Å². The molecular formula is C8H11NO2. The highest BCUT2D eigenvalue weighted by Crippen LogP contribution is 2.09. The van der Waals surface area contributed by atoms with Gasteiger partial charge >= 0.3 is 0 Å². The first-order valence-corrected chi connectivity index (χ1v) is 3.42. The summed E-state index contributed by atoms with van der Waals surface area (Å²) in [6.45, 7) is 2.50. The average Bonchev–Trinajstić information content (AvgIpc) is 2.37. The van der Waals surface area contributed by atoms with E-state index in [0.29, 0.717) is 6.54 Å². The molecule has 0 aliphatic heterocycles. The van der Waals surface area contributed by atoms with Gasteiger partial charge in [0.25, 0.3) is 0 Å². The molecule has 11 heavy (non-hydrogen) atoms. The maximum atomic E-state index is 10.2. The standard InChI is InChI=1S/C8H11NO2/c1-7-3-4-11-8(7)5-9(2)6-10/h3-4,6H,5H2,1-2H3. The number of nitrogens with zero attached hydrogens (tertiary/aromatic N) is 1. The van der Waals surface area contributed by atoms with Crippen molar-refractivity contribution in [3.63, 3.8) is 0 Å². The predicted octanol–water partition coefficient (Wildman–Crippen LogP) is 1.18. The summed E-state index contributed by atoms with van der Waals surface area (Å²) in [5.74, 6) is 0.847. The van der Waals surface area contributed by atoms with E-state index in [9.17, 15) is 4.79 Å². The van der Waals surface area contributed by atoms with Gasteiger partial charge in [-0.15, -0.1) is 0 Å². The van der Waals surface area contributed by atoms with Crippen LogP contribution in [0.2, 0.25) is 0 Å². The van der Waals surface area contributed by atoms with Crippen LogP contribution in [0.25, 0.3) is 0 Å². The second-order valence-corrected chi connectivity index (χ2v) is 2.55. The predicted molar refractivity (Wildman–Crippen MR) is 41.0 cm³/mol. The van der Waals surface area contributed by atoms with Gasteiger partial charge in [-0.3, -0.25) is 4.79 Å². The van der Waals surface area contributed by atoms with Gasteiger partial charge in [0, 0.05) is 7.05 Å². The summed E-state index contributed by atoms with van der Waals surface area (Å²) < 4.78 is 5.14. The zero-order valence-electron chi connectivity index (χ0n) is 6.70. The SMILES string of the molecule is Cc1ccoc1CN(C)C=O. The van der Waals surface area contributed by atoms with Crippen LogP contribution in [0, 0.1) is 6.92 Å². The lowest BCUT2D eigenvalue weighted by Gasteiger charge is -2.07. The number of aryl methyl sites for hydroxylation is 1. The summed E-state index contributed by atoms with van der Waals surface area (Å²) in [6.07, 6.45) is 2.41. The highest BCUT2D eigenvalue weighted by Gasteiger charge is 2.02. The van der Waals surface area contributed by atoms with E-state index in [-0.39, 0.29) is 0 Å². The van der Waals surface area contributed by atoms with E-state index in [0.717, 1.165) is 17.7 Å². The fourth-order valence-corrected chi connectivity index (χ4v) is 0.830. The van der Waals surface area contributed by atoms with E-state index in [1.54, 1.807) is 13.3 Å². The molecule has 1 amide bonds. The molecule has 3 nitrogen and oxygen atoms in total. The Morgan fingerprint density at radius 1 is 1.73 bits per heavy atom. The summed E-state index contributed by atoms with van der Waals surface area (Å²) in [5, 5.41) is 0. The summed E-state index contributed by atoms with van der Waals surface area (Å²) in [6, 6.07) is 1.88. The molecule has 0 spiro atoms. The lowest BCUT2D eigenvalue weighted by Crippen LogP contribution is -2.14. The molecule has 1 aromatic rings. The Bertz CT molecular complexity index is 242. The van der Waals surface area contributed by atoms with Crippen LogP contribution < -0.4 is 0 Å². The molecule has 1 heterocycles. The van der Waals surface area contributed by atoms with Gasteiger partial charge in [-0.1, -0.05) is 0 Å². The van der Waals surface area contributed by atoms with Gasteiger partial charge in [0.1, 0.15) is 5.76 Å². The van der Waals surface area contributed by atoms with Gasteiger partial charge < -0.3 is 9.32 Å². The van der Waals surface area contributed by atoms with Crippen molar-refractivity contribution in [1.82, 2.24) is 4.90 Å². The Balaban J connectivity index is 2.63. The molecular weight excluding hydrogens is 142 g/mol. The number of carbonyl (C=O) groups excluding carboxylic acids is 1. The minimum atomic E-state index is 0.544. The van der Waals surface area contributed by atoms with Gasteiger partial charge in [-0.25, -0.2) is 0 Å². The molecule has 0 bridgehead atoms. The smallest absolute Gasteiger partial charge is 0.209 e. The normalized spacial score (nSPS) is 9.64. The van der Waals surface area contributed by atoms with Crippen molar-refractivity contribution in [2.45, 2.75) is 13.5 Å². The zero-order chi connectivity index (χ0) is 8.27. The van der Waals surface area contributed by atoms with E-state index in [1.165, 1.54) is 4.90 Å². The van der Waals surface area contributed by atoms with E-state index < -0.39 is 0 Å². The first-order valence-electron chi connectivity index (χ1n) is 3.42. The third-order valence-electron chi connectivity index (χ3n) is 1.54. The van der Waals surface area contributed by atoms with Crippen LogP contribution in [-0.2, 0) is 11.3 Å². The van der Waals surface area contributed by atoms with Crippen LogP contribution in [0.4, 0.5) is 0 Å². The van der Waals surface area contributed by atoms with Crippen LogP contribution in [0.3, 0.4) is 0 Å². The minimum Gasteiger partial charge on any atom is -0.467 e. The van der Waals surface area contributed by atoms with Gasteiger partial charge in [0.05, 0.1) is 12.8 Å². The highest BCUT2D eigenvalue weighted by molar-refractivity contribution is 5.46. The van der Waals surface area contributed by atoms with Crippen molar-refractivity contribution >= 4 is 6.41 Å². The molecule has 0 saturated heterocycles. The van der Waals surface area contributed by atoms with Crippen molar-refractivity contribution in [2.24, 2.45) is 0 Å². The number of rotatable bonds is 3. The summed E-state index contributed by atoms with van der Waals surface area (Å²) in [7, 11) is 1.72. The Hall–Kier alpha value is -1.25. The summed E-state index contributed by atoms with van der Waals surface area (Å²) in [4.78, 5) is 11.8. The molecule has 1 rings (SSSR count). The van der Waals surface area contributed by atoms with Gasteiger partial charge in [0.15, 0.2) is 0 Å². The summed E-state index contributed by atoms with van der Waals surface area (Å²) in [5.41, 5.74) is 1.08. The monoisotopic (exact) mass is 153 g/mol. The largest absolute Gasteiger partial charge is 0.467 e. The lowest BCUT2D eigenvalue weighted by atomic mass is 10.3. The number of hydrogen-bond donors (Lipinski definition) is 0. The quantitative estimate of drug-likeness (QED) is 0.611. The number of hydrogen-bond acceptors (Lipinski definition) is 2. The lowest BCUT2D eigenvalue weighted by molar-refractivity contribution is -0.117. The number of furan rings is 1. The maximum Gasteiger partial charge on any atom is 0.209 e. The maximum absolute atomic E-state index is 10.2. The molecule has 0 saturated carbocycles. The Labute approximate surface area is 65.6 Å². The number of amides is 1. The van der Waals surface area contributed by atoms with Crippen LogP contribution in [0.5, 0.6) is 0 Å². The van der Waals surface area contributed by atoms with Gasteiger partial charge in [-0.05, 0) is 18.6 Å². The molecule has 60 valence electrons. The van der Waals surface area contributed by atoms with Crippen LogP contribution >= 0.6 is 0 Å². The van der Waals surface area contributed by atoms with Crippen molar-refractivity contribution in [3.8, 4) is 0 Å². The van der Waals surface area contributed by atoms with Crippen LogP contribution in [-0.4, -0.2) is 18.4 Å². The first kappa shape index (κ1) is 7.85. The van der Waals surface area contributed by atoms with Crippen molar-refractivity contribution in [2.75, 3.05) is 7.05 Å². The molecule has 0 aliphatic rings. The first-order chi connectivity index (χ1) is 5.24. The van der Waals surface area contributed by atoms with E-state index >= 15 is 0 Å². The third kappa shape index (κ3) is 1.83. The Morgan fingerprint density at radius 2 is 2.45 bits per heavy atom. The van der Waals surface area contributed by atoms with Crippen LogP contribution in [0.15, 0.2) is 16.7 Å². The molecule has 3 heteroatoms. The van der Waals surface area contributed by atoms with E-state index in [2.05, 4.69) is 0 Å². The minimum absolute atomic E-state index is 0.544. The second-order valence-electron chi connectivity index (χ2n) is 2.55. The Kier molecular flexibility index (Phi) is 2.31. The van der Waals surface area contributed by atoms with Crippen molar-refractivity contribution in [1.29, 1.82) is 0 Å². The highest BCUT2D eigenvalue weighted by atomic mass is 16.3. The molecule has 0 N–H and O–H groups in total. The fraction of sp³-hybridized carbons (Fsp3) is 0.375. The van der Waals surface area contributed by atoms with E-state index in [4.69, 9.17) is 4.42 Å². The molecule has 1 aromatic heterocycles. The van der Waals surface area contributed by atoms with Crippen molar-refractivity contribution < 1.29 is 9.21 Å². The fourth-order valence-electron chi connectivity index (χ4n) is 0.830. The van der Waals surface area contributed by atoms with Gasteiger partial charge in [-0.2, -0.15) is 0 Å². The van der Waals surface area contributed by atoms with E-state index in [1.807, 2.05) is 13.0 Å². The molecule has 0 atom stereocenters. The van der Waals surface area contributed by atoms with Crippen LogP contribution in [0.1, 0.15) is 11.3 Å². The van der Waals surface area contributed by atoms with Gasteiger partial charge in [0.2, 0.25) is 6.41 Å². The average molecular weight is 153 g/mol. The molecule has 0 fully saturated rings. The third-order valence-corrected chi connectivity index (χ3v) is 1.54. The molecule has 0 radical (unpaired) electrons. The Morgan fingerprint density at radius 3 is 2.91 bits per heavy atom. The zero-order valence-corrected chi connectivity index (χ0v) is 6.70. The second kappa shape index (κ2) is 3.23. The molecule has 0 aliphatic carbocycles. The van der Waals surface area contributed by atoms with Crippen molar-refractivity contribution in [3.05, 3.63) is 23.7 Å². The molecule has 0 aromatic carbocycles.